The van der Waals surface area contributed by atoms with Crippen LogP contribution in [0.1, 0.15) is 25.1 Å². The van der Waals surface area contributed by atoms with Crippen LogP contribution in [0, 0.1) is 5.82 Å². The van der Waals surface area contributed by atoms with Gasteiger partial charge in [0.2, 0.25) is 11.9 Å². The molecule has 1 atom stereocenters. The molecule has 0 aromatic heterocycles. The van der Waals surface area contributed by atoms with Crippen molar-refractivity contribution in [3.63, 3.8) is 0 Å². The minimum atomic E-state index is -0.651. The average Bonchev–Trinajstić information content (AvgIpc) is 2.38. The summed E-state index contributed by atoms with van der Waals surface area (Å²) in [5.41, 5.74) is 0.625. The van der Waals surface area contributed by atoms with E-state index in [9.17, 15) is 14.0 Å². The molecule has 0 aliphatic carbocycles. The summed E-state index contributed by atoms with van der Waals surface area (Å²) < 4.78 is 12.8. The van der Waals surface area contributed by atoms with E-state index in [1.807, 2.05) is 0 Å². The molecule has 0 bridgehead atoms. The van der Waals surface area contributed by atoms with Crippen molar-refractivity contribution in [1.29, 1.82) is 0 Å². The van der Waals surface area contributed by atoms with Gasteiger partial charge in [-0.2, -0.15) is 0 Å². The van der Waals surface area contributed by atoms with Gasteiger partial charge in [0, 0.05) is 6.42 Å². The van der Waals surface area contributed by atoms with Crippen LogP contribution < -0.4 is 16.0 Å². The Labute approximate surface area is 109 Å². The van der Waals surface area contributed by atoms with Crippen molar-refractivity contribution in [2.75, 3.05) is 0 Å². The van der Waals surface area contributed by atoms with Crippen LogP contribution in [0.2, 0.25) is 0 Å². The number of hydrogen-bond donors (Lipinski definition) is 3. The Kier molecular flexibility index (Phi) is 3.74. The molecular weight excluding hydrogens is 251 g/mol. The fourth-order valence-corrected chi connectivity index (χ4v) is 1.55. The summed E-state index contributed by atoms with van der Waals surface area (Å²) in [7, 11) is 0. The number of benzene rings is 1. The molecule has 0 saturated carbocycles. The largest absolute Gasteiger partial charge is 0.323 e. The zero-order valence-electron chi connectivity index (χ0n) is 10.2. The Morgan fingerprint density at radius 2 is 2.11 bits per heavy atom. The first kappa shape index (κ1) is 13.0. The summed E-state index contributed by atoms with van der Waals surface area (Å²) in [6, 6.07) is 5.13. The van der Waals surface area contributed by atoms with E-state index in [1.54, 1.807) is 6.92 Å². The van der Waals surface area contributed by atoms with E-state index < -0.39 is 12.2 Å². The van der Waals surface area contributed by atoms with Crippen molar-refractivity contribution in [2.24, 2.45) is 4.99 Å². The Hall–Kier alpha value is -2.44. The molecule has 1 aliphatic heterocycles. The van der Waals surface area contributed by atoms with Gasteiger partial charge in [0.05, 0.1) is 0 Å². The maximum Gasteiger partial charge on any atom is 0.323 e. The molecule has 0 saturated heterocycles. The molecule has 6 nitrogen and oxygen atoms in total. The Morgan fingerprint density at radius 3 is 2.74 bits per heavy atom. The number of carbonyl (C=O) groups excluding carboxylic acids is 2. The molecule has 3 amide bonds. The highest BCUT2D eigenvalue weighted by molar-refractivity contribution is 6.05. The summed E-state index contributed by atoms with van der Waals surface area (Å²) in [6.45, 7) is 1.69. The maximum atomic E-state index is 12.8. The first-order chi connectivity index (χ1) is 9.08. The Balaban J connectivity index is 2.20. The first-order valence-corrected chi connectivity index (χ1v) is 5.79. The van der Waals surface area contributed by atoms with Crippen LogP contribution in [0.5, 0.6) is 0 Å². The SMILES string of the molecule is CCC(=O)NC1=NC(c2ccc(F)cc2)NC(=O)N1. The van der Waals surface area contributed by atoms with Crippen molar-refractivity contribution in [2.45, 2.75) is 19.5 Å². The van der Waals surface area contributed by atoms with E-state index in [0.717, 1.165) is 0 Å². The molecule has 1 aromatic carbocycles. The fraction of sp³-hybridized carbons (Fsp3) is 0.250. The predicted molar refractivity (Wildman–Crippen MR) is 66.7 cm³/mol. The monoisotopic (exact) mass is 264 g/mol. The van der Waals surface area contributed by atoms with Gasteiger partial charge in [-0.05, 0) is 17.7 Å². The van der Waals surface area contributed by atoms with Crippen LogP contribution >= 0.6 is 0 Å². The summed E-state index contributed by atoms with van der Waals surface area (Å²) in [6.07, 6.45) is -0.370. The lowest BCUT2D eigenvalue weighted by atomic mass is 10.1. The van der Waals surface area contributed by atoms with Gasteiger partial charge >= 0.3 is 6.03 Å². The van der Waals surface area contributed by atoms with Crippen LogP contribution in [-0.2, 0) is 4.79 Å². The van der Waals surface area contributed by atoms with Gasteiger partial charge in [-0.1, -0.05) is 19.1 Å². The summed E-state index contributed by atoms with van der Waals surface area (Å²) >= 11 is 0. The third-order valence-electron chi connectivity index (χ3n) is 2.52. The highest BCUT2D eigenvalue weighted by atomic mass is 19.1. The normalized spacial score (nSPS) is 18.1. The molecule has 19 heavy (non-hydrogen) atoms. The van der Waals surface area contributed by atoms with E-state index in [4.69, 9.17) is 0 Å². The van der Waals surface area contributed by atoms with Crippen LogP contribution in [0.3, 0.4) is 0 Å². The van der Waals surface area contributed by atoms with Crippen molar-refractivity contribution in [1.82, 2.24) is 16.0 Å². The fourth-order valence-electron chi connectivity index (χ4n) is 1.55. The van der Waals surface area contributed by atoms with E-state index in [-0.39, 0.29) is 24.1 Å². The zero-order valence-corrected chi connectivity index (χ0v) is 10.2. The molecule has 0 radical (unpaired) electrons. The van der Waals surface area contributed by atoms with E-state index >= 15 is 0 Å². The number of amides is 3. The Morgan fingerprint density at radius 1 is 1.42 bits per heavy atom. The van der Waals surface area contributed by atoms with E-state index in [0.29, 0.717) is 5.56 Å². The maximum absolute atomic E-state index is 12.8. The van der Waals surface area contributed by atoms with E-state index in [1.165, 1.54) is 24.3 Å². The number of nitrogens with one attached hydrogen (secondary N) is 3. The van der Waals surface area contributed by atoms with Gasteiger partial charge in [0.15, 0.2) is 6.17 Å². The number of nitrogens with zero attached hydrogens (tertiary/aromatic N) is 1. The minimum absolute atomic E-state index is 0.0879. The molecule has 0 spiro atoms. The first-order valence-electron chi connectivity index (χ1n) is 5.79. The summed E-state index contributed by atoms with van der Waals surface area (Å²) in [5, 5.41) is 7.42. The molecule has 2 rings (SSSR count). The molecule has 7 heteroatoms. The molecule has 1 heterocycles. The molecular formula is C12H13FN4O2. The minimum Gasteiger partial charge on any atom is -0.312 e. The third kappa shape index (κ3) is 3.27. The predicted octanol–water partition coefficient (Wildman–Crippen LogP) is 1.02. The molecule has 1 aromatic rings. The lowest BCUT2D eigenvalue weighted by molar-refractivity contribution is -0.119. The van der Waals surface area contributed by atoms with Gasteiger partial charge in [-0.15, -0.1) is 0 Å². The van der Waals surface area contributed by atoms with Crippen molar-refractivity contribution in [3.8, 4) is 0 Å². The molecule has 100 valence electrons. The van der Waals surface area contributed by atoms with Crippen LogP contribution in [0.4, 0.5) is 9.18 Å². The zero-order chi connectivity index (χ0) is 13.8. The molecule has 1 aliphatic rings. The highest BCUT2D eigenvalue weighted by Gasteiger charge is 2.21. The second-order valence-electron chi connectivity index (χ2n) is 3.93. The smallest absolute Gasteiger partial charge is 0.312 e. The average molecular weight is 264 g/mol. The number of halogens is 1. The lowest BCUT2D eigenvalue weighted by Gasteiger charge is -2.23. The van der Waals surface area contributed by atoms with Gasteiger partial charge in [0.1, 0.15) is 5.82 Å². The highest BCUT2D eigenvalue weighted by Crippen LogP contribution is 2.16. The van der Waals surface area contributed by atoms with E-state index in [2.05, 4.69) is 20.9 Å². The Bertz CT molecular complexity index is 527. The standard InChI is InChI=1S/C12H13FN4O2/c1-2-9(18)14-11-15-10(16-12(19)17-11)7-3-5-8(13)6-4-7/h3-6,10H,2H2,1H3,(H3,14,15,16,17,18,19). The van der Waals surface area contributed by atoms with Crippen molar-refractivity contribution in [3.05, 3.63) is 35.6 Å². The molecule has 3 N–H and O–H groups in total. The lowest BCUT2D eigenvalue weighted by Crippen LogP contribution is -2.52. The second kappa shape index (κ2) is 5.47. The third-order valence-corrected chi connectivity index (χ3v) is 2.52. The van der Waals surface area contributed by atoms with Gasteiger partial charge in [-0.3, -0.25) is 15.4 Å². The number of carbonyl (C=O) groups is 2. The number of guanidine groups is 1. The van der Waals surface area contributed by atoms with Gasteiger partial charge < -0.3 is 5.32 Å². The molecule has 0 fully saturated rings. The summed E-state index contributed by atoms with van der Waals surface area (Å²) in [4.78, 5) is 26.9. The van der Waals surface area contributed by atoms with Gasteiger partial charge in [-0.25, -0.2) is 14.2 Å². The van der Waals surface area contributed by atoms with Crippen LogP contribution in [0.25, 0.3) is 0 Å². The van der Waals surface area contributed by atoms with Crippen molar-refractivity contribution >= 4 is 17.9 Å². The number of aliphatic imine (C=N–C) groups is 1. The number of urea groups is 1. The van der Waals surface area contributed by atoms with Crippen molar-refractivity contribution < 1.29 is 14.0 Å². The number of rotatable bonds is 2. The topological polar surface area (TPSA) is 82.6 Å². The van der Waals surface area contributed by atoms with Crippen LogP contribution in [0.15, 0.2) is 29.3 Å². The van der Waals surface area contributed by atoms with Gasteiger partial charge in [0.25, 0.3) is 0 Å². The quantitative estimate of drug-likeness (QED) is 0.745. The second-order valence-corrected chi connectivity index (χ2v) is 3.93. The molecule has 1 unspecified atom stereocenters. The van der Waals surface area contributed by atoms with Crippen LogP contribution in [-0.4, -0.2) is 17.9 Å². The number of hydrogen-bond acceptors (Lipinski definition) is 3. The summed E-state index contributed by atoms with van der Waals surface area (Å²) in [5.74, 6) is -0.531.